The van der Waals surface area contributed by atoms with Crippen LogP contribution >= 0.6 is 0 Å². The number of hydrogen-bond donors (Lipinski definition) is 1. The standard InChI is InChI=1S/C23H33N3O3/c1-28-22-12-18(14-24)2-3-19(22)15-25-8-6-23(7-9-25)13-21(27)16-26(17-23)20-4-10-29-11-5-20/h2-3,12,20-21,27H,4-11,13,15-17H2,1H3. The number of methoxy groups -OCH3 is 1. The fraction of sp³-hybridized carbons (Fsp3) is 0.696. The number of likely N-dealkylation sites (tertiary alicyclic amines) is 2. The van der Waals surface area contributed by atoms with E-state index in [-0.39, 0.29) is 11.5 Å². The van der Waals surface area contributed by atoms with Crippen LogP contribution in [0.15, 0.2) is 18.2 Å². The van der Waals surface area contributed by atoms with E-state index < -0.39 is 0 Å². The summed E-state index contributed by atoms with van der Waals surface area (Å²) in [5.41, 5.74) is 2.00. The molecule has 6 nitrogen and oxygen atoms in total. The molecule has 6 heteroatoms. The third-order valence-corrected chi connectivity index (χ3v) is 7.09. The van der Waals surface area contributed by atoms with Crippen LogP contribution in [-0.2, 0) is 11.3 Å². The van der Waals surface area contributed by atoms with Crippen LogP contribution in [0.5, 0.6) is 5.75 Å². The Morgan fingerprint density at radius 3 is 2.72 bits per heavy atom. The van der Waals surface area contributed by atoms with Gasteiger partial charge in [-0.25, -0.2) is 0 Å². The summed E-state index contributed by atoms with van der Waals surface area (Å²) in [6.45, 7) is 6.56. The second-order valence-corrected chi connectivity index (χ2v) is 9.05. The summed E-state index contributed by atoms with van der Waals surface area (Å²) in [4.78, 5) is 5.03. The smallest absolute Gasteiger partial charge is 0.124 e. The molecule has 1 aromatic rings. The minimum absolute atomic E-state index is 0.211. The molecule has 1 aromatic carbocycles. The fourth-order valence-corrected chi connectivity index (χ4v) is 5.46. The van der Waals surface area contributed by atoms with Crippen LogP contribution < -0.4 is 4.74 Å². The first-order chi connectivity index (χ1) is 14.1. The van der Waals surface area contributed by atoms with Crippen LogP contribution in [0, 0.1) is 16.7 Å². The van der Waals surface area contributed by atoms with Crippen LogP contribution in [0.1, 0.15) is 43.2 Å². The zero-order chi connectivity index (χ0) is 20.3. The number of β-amino-alcohol motifs (C(OH)–C–C–N with tert-alkyl or cyclic N) is 1. The number of hydrogen-bond acceptors (Lipinski definition) is 6. The second kappa shape index (κ2) is 9.01. The minimum Gasteiger partial charge on any atom is -0.496 e. The van der Waals surface area contributed by atoms with Crippen LogP contribution in [-0.4, -0.2) is 73.6 Å². The lowest BCUT2D eigenvalue weighted by molar-refractivity contribution is -0.0726. The third kappa shape index (κ3) is 4.75. The number of benzene rings is 1. The van der Waals surface area contributed by atoms with Gasteiger partial charge in [0.2, 0.25) is 0 Å². The summed E-state index contributed by atoms with van der Waals surface area (Å²) in [5, 5.41) is 19.7. The first-order valence-electron chi connectivity index (χ1n) is 10.9. The molecule has 1 spiro atoms. The first kappa shape index (κ1) is 20.6. The zero-order valence-electron chi connectivity index (χ0n) is 17.5. The maximum atomic E-state index is 10.6. The second-order valence-electron chi connectivity index (χ2n) is 9.05. The molecule has 3 fully saturated rings. The molecule has 0 radical (unpaired) electrons. The van der Waals surface area contributed by atoms with Crippen LogP contribution in [0.2, 0.25) is 0 Å². The molecular weight excluding hydrogens is 366 g/mol. The molecule has 0 saturated carbocycles. The number of nitrogens with zero attached hydrogens (tertiary/aromatic N) is 3. The van der Waals surface area contributed by atoms with Gasteiger partial charge < -0.3 is 14.6 Å². The zero-order valence-corrected chi connectivity index (χ0v) is 17.5. The molecule has 0 aromatic heterocycles. The largest absolute Gasteiger partial charge is 0.496 e. The molecule has 1 atom stereocenters. The normalized spacial score (nSPS) is 26.3. The van der Waals surface area contributed by atoms with E-state index in [0.29, 0.717) is 11.6 Å². The Morgan fingerprint density at radius 1 is 1.28 bits per heavy atom. The van der Waals surface area contributed by atoms with Crippen molar-refractivity contribution in [1.82, 2.24) is 9.80 Å². The number of aliphatic hydroxyl groups is 1. The average molecular weight is 400 g/mol. The molecule has 0 aliphatic carbocycles. The molecular formula is C23H33N3O3. The van der Waals surface area contributed by atoms with Crippen LogP contribution in [0.3, 0.4) is 0 Å². The molecule has 3 aliphatic heterocycles. The quantitative estimate of drug-likeness (QED) is 0.839. The highest BCUT2D eigenvalue weighted by atomic mass is 16.5. The lowest BCUT2D eigenvalue weighted by Crippen LogP contribution is -2.57. The van der Waals surface area contributed by atoms with Gasteiger partial charge in [0.25, 0.3) is 0 Å². The van der Waals surface area contributed by atoms with Crippen LogP contribution in [0.4, 0.5) is 0 Å². The Bertz CT molecular complexity index is 733. The maximum absolute atomic E-state index is 10.6. The molecule has 158 valence electrons. The van der Waals surface area contributed by atoms with E-state index in [1.165, 1.54) is 0 Å². The number of piperidine rings is 2. The predicted octanol–water partition coefficient (Wildman–Crippen LogP) is 2.39. The molecule has 1 unspecified atom stereocenters. The van der Waals surface area contributed by atoms with Gasteiger partial charge >= 0.3 is 0 Å². The Balaban J connectivity index is 1.37. The molecule has 1 N–H and O–H groups in total. The van der Waals surface area contributed by atoms with E-state index in [0.717, 1.165) is 89.4 Å². The van der Waals surface area contributed by atoms with Crippen molar-refractivity contribution in [3.05, 3.63) is 29.3 Å². The molecule has 0 amide bonds. The van der Waals surface area contributed by atoms with Crippen LogP contribution in [0.25, 0.3) is 0 Å². The van der Waals surface area contributed by atoms with Gasteiger partial charge in [-0.2, -0.15) is 5.26 Å². The van der Waals surface area contributed by atoms with E-state index in [4.69, 9.17) is 14.7 Å². The van der Waals surface area contributed by atoms with Gasteiger partial charge in [-0.15, -0.1) is 0 Å². The van der Waals surface area contributed by atoms with E-state index >= 15 is 0 Å². The van der Waals surface area contributed by atoms with Gasteiger partial charge in [0, 0.05) is 44.5 Å². The van der Waals surface area contributed by atoms with Gasteiger partial charge in [0.05, 0.1) is 24.8 Å². The molecule has 0 bridgehead atoms. The SMILES string of the molecule is COc1cc(C#N)ccc1CN1CCC2(CC1)CC(O)CN(C1CCOCC1)C2. The van der Waals surface area contributed by atoms with Gasteiger partial charge in [0.15, 0.2) is 0 Å². The average Bonchev–Trinajstić information content (AvgIpc) is 2.76. The molecule has 3 heterocycles. The summed E-state index contributed by atoms with van der Waals surface area (Å²) in [5.74, 6) is 0.795. The molecule has 3 saturated heterocycles. The van der Waals surface area contributed by atoms with Crippen molar-refractivity contribution in [2.24, 2.45) is 5.41 Å². The summed E-state index contributed by atoms with van der Waals surface area (Å²) in [7, 11) is 1.67. The highest BCUT2D eigenvalue weighted by Gasteiger charge is 2.43. The van der Waals surface area contributed by atoms with E-state index in [9.17, 15) is 5.11 Å². The van der Waals surface area contributed by atoms with Gasteiger partial charge in [-0.3, -0.25) is 9.80 Å². The highest BCUT2D eigenvalue weighted by Crippen LogP contribution is 2.41. The number of nitriles is 1. The topological polar surface area (TPSA) is 69.0 Å². The molecule has 29 heavy (non-hydrogen) atoms. The number of ether oxygens (including phenoxy) is 2. The van der Waals surface area contributed by atoms with Crippen molar-refractivity contribution in [3.8, 4) is 11.8 Å². The molecule has 4 rings (SSSR count). The van der Waals surface area contributed by atoms with Crippen molar-refractivity contribution >= 4 is 0 Å². The van der Waals surface area contributed by atoms with E-state index in [1.807, 2.05) is 18.2 Å². The lowest BCUT2D eigenvalue weighted by atomic mass is 9.71. The number of aliphatic hydroxyl groups excluding tert-OH is 1. The summed E-state index contributed by atoms with van der Waals surface area (Å²) >= 11 is 0. The van der Waals surface area contributed by atoms with Crippen molar-refractivity contribution in [1.29, 1.82) is 5.26 Å². The highest BCUT2D eigenvalue weighted by molar-refractivity contribution is 5.42. The summed E-state index contributed by atoms with van der Waals surface area (Å²) in [6, 6.07) is 8.45. The number of rotatable bonds is 4. The van der Waals surface area contributed by atoms with Gasteiger partial charge in [0.1, 0.15) is 5.75 Å². The monoisotopic (exact) mass is 399 g/mol. The Labute approximate surface area is 174 Å². The fourth-order valence-electron chi connectivity index (χ4n) is 5.46. The summed E-state index contributed by atoms with van der Waals surface area (Å²) < 4.78 is 11.0. The van der Waals surface area contributed by atoms with Crippen molar-refractivity contribution in [2.45, 2.75) is 50.8 Å². The van der Waals surface area contributed by atoms with Crippen molar-refractivity contribution in [2.75, 3.05) is 46.5 Å². The maximum Gasteiger partial charge on any atom is 0.124 e. The van der Waals surface area contributed by atoms with Crippen molar-refractivity contribution < 1.29 is 14.6 Å². The first-order valence-corrected chi connectivity index (χ1v) is 10.9. The third-order valence-electron chi connectivity index (χ3n) is 7.09. The summed E-state index contributed by atoms with van der Waals surface area (Å²) in [6.07, 6.45) is 5.16. The van der Waals surface area contributed by atoms with E-state index in [1.54, 1.807) is 7.11 Å². The van der Waals surface area contributed by atoms with E-state index in [2.05, 4.69) is 15.9 Å². The lowest BCUT2D eigenvalue weighted by Gasteiger charge is -2.51. The predicted molar refractivity (Wildman–Crippen MR) is 111 cm³/mol. The Morgan fingerprint density at radius 2 is 2.03 bits per heavy atom. The minimum atomic E-state index is -0.211. The molecule has 3 aliphatic rings. The van der Waals surface area contributed by atoms with Gasteiger partial charge in [-0.05, 0) is 62.7 Å². The van der Waals surface area contributed by atoms with Gasteiger partial charge in [-0.1, -0.05) is 6.07 Å². The van der Waals surface area contributed by atoms with Crippen molar-refractivity contribution in [3.63, 3.8) is 0 Å². The Hall–Kier alpha value is -1.65. The Kier molecular flexibility index (Phi) is 6.41.